The first-order valence-electron chi connectivity index (χ1n) is 4.35. The van der Waals surface area contributed by atoms with Gasteiger partial charge in [0.2, 0.25) is 0 Å². The van der Waals surface area contributed by atoms with Gasteiger partial charge in [-0.1, -0.05) is 17.2 Å². The molecule has 4 heteroatoms. The molecule has 3 N–H and O–H groups in total. The molecule has 14 heavy (non-hydrogen) atoms. The summed E-state index contributed by atoms with van der Waals surface area (Å²) in [5.74, 6) is 5.43. The van der Waals surface area contributed by atoms with Crippen molar-refractivity contribution in [3.8, 4) is 0 Å². The molecule has 0 aliphatic heterocycles. The van der Waals surface area contributed by atoms with Crippen LogP contribution in [0.1, 0.15) is 25.1 Å². The minimum atomic E-state index is 0.00441. The summed E-state index contributed by atoms with van der Waals surface area (Å²) < 4.78 is 0. The summed E-state index contributed by atoms with van der Waals surface area (Å²) in [4.78, 5) is 4.19. The van der Waals surface area contributed by atoms with Crippen molar-refractivity contribution in [2.75, 3.05) is 0 Å². The predicted molar refractivity (Wildman–Crippen MR) is 58.7 cm³/mol. The number of pyridine rings is 1. The maximum Gasteiger partial charge on any atom is 0.0668 e. The summed E-state index contributed by atoms with van der Waals surface area (Å²) in [7, 11) is 0. The van der Waals surface area contributed by atoms with E-state index in [0.29, 0.717) is 5.02 Å². The minimum absolute atomic E-state index is 0.00441. The predicted octanol–water partition coefficient (Wildman–Crippen LogP) is 2.21. The fourth-order valence-corrected chi connectivity index (χ4v) is 1.30. The van der Waals surface area contributed by atoms with Gasteiger partial charge >= 0.3 is 0 Å². The van der Waals surface area contributed by atoms with Crippen molar-refractivity contribution >= 4 is 11.6 Å². The lowest BCUT2D eigenvalue weighted by atomic mass is 10.1. The molecule has 1 aromatic rings. The van der Waals surface area contributed by atoms with E-state index in [1.165, 1.54) is 0 Å². The minimum Gasteiger partial charge on any atom is -0.271 e. The Labute approximate surface area is 88.9 Å². The Bertz CT molecular complexity index is 308. The second-order valence-electron chi connectivity index (χ2n) is 3.28. The molecule has 0 saturated heterocycles. The third kappa shape index (κ3) is 3.10. The SMILES string of the molecule is C=C(C)CC(NN)c1ccc(Cl)cn1. The first-order chi connectivity index (χ1) is 6.63. The van der Waals surface area contributed by atoms with Gasteiger partial charge in [-0.25, -0.2) is 0 Å². The number of nitrogens with one attached hydrogen (secondary N) is 1. The highest BCUT2D eigenvalue weighted by Crippen LogP contribution is 2.18. The maximum atomic E-state index is 5.73. The lowest BCUT2D eigenvalue weighted by molar-refractivity contribution is 0.537. The highest BCUT2D eigenvalue weighted by molar-refractivity contribution is 6.30. The standard InChI is InChI=1S/C10H14ClN3/c1-7(2)5-10(14-12)9-4-3-8(11)6-13-9/h3-4,6,10,14H,1,5,12H2,2H3. The van der Waals surface area contributed by atoms with Crippen LogP contribution in [0, 0.1) is 0 Å². The zero-order valence-electron chi connectivity index (χ0n) is 8.13. The summed E-state index contributed by atoms with van der Waals surface area (Å²) in [6, 6.07) is 3.66. The Kier molecular flexibility index (Phi) is 4.07. The summed E-state index contributed by atoms with van der Waals surface area (Å²) in [5, 5.41) is 0.625. The van der Waals surface area contributed by atoms with Crippen molar-refractivity contribution in [3.05, 3.63) is 41.2 Å². The number of rotatable bonds is 4. The summed E-state index contributed by atoms with van der Waals surface area (Å²) >= 11 is 5.73. The molecule has 0 spiro atoms. The molecule has 1 aromatic heterocycles. The van der Waals surface area contributed by atoms with E-state index in [0.717, 1.165) is 17.7 Å². The van der Waals surface area contributed by atoms with Crippen molar-refractivity contribution < 1.29 is 0 Å². The molecule has 1 unspecified atom stereocenters. The quantitative estimate of drug-likeness (QED) is 0.456. The molecular formula is C10H14ClN3. The lowest BCUT2D eigenvalue weighted by Crippen LogP contribution is -2.28. The summed E-state index contributed by atoms with van der Waals surface area (Å²) in [5.41, 5.74) is 4.64. The van der Waals surface area contributed by atoms with Crippen LogP contribution < -0.4 is 11.3 Å². The first kappa shape index (κ1) is 11.2. The molecule has 0 amide bonds. The summed E-state index contributed by atoms with van der Waals surface area (Å²) in [6.45, 7) is 5.80. The zero-order chi connectivity index (χ0) is 10.6. The fourth-order valence-electron chi connectivity index (χ4n) is 1.19. The average Bonchev–Trinajstić information content (AvgIpc) is 2.15. The van der Waals surface area contributed by atoms with Crippen LogP contribution in [0.2, 0.25) is 5.02 Å². The number of aromatic nitrogens is 1. The molecule has 0 radical (unpaired) electrons. The molecule has 0 aliphatic carbocycles. The Hall–Kier alpha value is -0.900. The van der Waals surface area contributed by atoms with Crippen LogP contribution in [-0.2, 0) is 0 Å². The van der Waals surface area contributed by atoms with Crippen LogP contribution in [0.3, 0.4) is 0 Å². The molecule has 0 aromatic carbocycles. The highest BCUT2D eigenvalue weighted by atomic mass is 35.5. The lowest BCUT2D eigenvalue weighted by Gasteiger charge is -2.14. The molecule has 0 bridgehead atoms. The van der Waals surface area contributed by atoms with E-state index >= 15 is 0 Å². The monoisotopic (exact) mass is 211 g/mol. The third-order valence-electron chi connectivity index (χ3n) is 1.86. The largest absolute Gasteiger partial charge is 0.271 e. The van der Waals surface area contributed by atoms with Crippen molar-refractivity contribution in [1.29, 1.82) is 0 Å². The van der Waals surface area contributed by atoms with E-state index in [-0.39, 0.29) is 6.04 Å². The summed E-state index contributed by atoms with van der Waals surface area (Å²) in [6.07, 6.45) is 2.38. The number of hydrogen-bond donors (Lipinski definition) is 2. The van der Waals surface area contributed by atoms with Crippen molar-refractivity contribution in [2.24, 2.45) is 5.84 Å². The number of nitrogens with two attached hydrogens (primary N) is 1. The molecule has 0 saturated carbocycles. The van der Waals surface area contributed by atoms with Gasteiger partial charge in [0, 0.05) is 6.20 Å². The fraction of sp³-hybridized carbons (Fsp3) is 0.300. The van der Waals surface area contributed by atoms with E-state index in [4.69, 9.17) is 17.4 Å². The Balaban J connectivity index is 2.78. The maximum absolute atomic E-state index is 5.73. The normalized spacial score (nSPS) is 12.5. The second-order valence-corrected chi connectivity index (χ2v) is 3.72. The first-order valence-corrected chi connectivity index (χ1v) is 4.73. The van der Waals surface area contributed by atoms with Crippen LogP contribution in [0.4, 0.5) is 0 Å². The number of hydrazine groups is 1. The van der Waals surface area contributed by atoms with E-state index in [1.807, 2.05) is 13.0 Å². The smallest absolute Gasteiger partial charge is 0.0668 e. The molecule has 1 heterocycles. The van der Waals surface area contributed by atoms with E-state index < -0.39 is 0 Å². The second kappa shape index (κ2) is 5.10. The van der Waals surface area contributed by atoms with E-state index in [1.54, 1.807) is 12.3 Å². The number of hydrogen-bond acceptors (Lipinski definition) is 3. The van der Waals surface area contributed by atoms with Gasteiger partial charge in [-0.3, -0.25) is 16.3 Å². The van der Waals surface area contributed by atoms with E-state index in [9.17, 15) is 0 Å². The van der Waals surface area contributed by atoms with Gasteiger partial charge in [0.15, 0.2) is 0 Å². The van der Waals surface area contributed by atoms with Crippen molar-refractivity contribution in [2.45, 2.75) is 19.4 Å². The van der Waals surface area contributed by atoms with Gasteiger partial charge in [0.05, 0.1) is 16.8 Å². The zero-order valence-corrected chi connectivity index (χ0v) is 8.88. The molecule has 1 atom stereocenters. The molecular weight excluding hydrogens is 198 g/mol. The van der Waals surface area contributed by atoms with Gasteiger partial charge in [-0.05, 0) is 25.5 Å². The molecule has 0 fully saturated rings. The van der Waals surface area contributed by atoms with Gasteiger partial charge in [0.1, 0.15) is 0 Å². The van der Waals surface area contributed by atoms with Gasteiger partial charge < -0.3 is 0 Å². The van der Waals surface area contributed by atoms with Gasteiger partial charge in [0.25, 0.3) is 0 Å². The Morgan fingerprint density at radius 3 is 2.86 bits per heavy atom. The van der Waals surface area contributed by atoms with E-state index in [2.05, 4.69) is 17.0 Å². The van der Waals surface area contributed by atoms with Crippen molar-refractivity contribution in [1.82, 2.24) is 10.4 Å². The van der Waals surface area contributed by atoms with Crippen LogP contribution in [0.5, 0.6) is 0 Å². The highest BCUT2D eigenvalue weighted by Gasteiger charge is 2.10. The molecule has 76 valence electrons. The topological polar surface area (TPSA) is 50.9 Å². The Morgan fingerprint density at radius 1 is 1.71 bits per heavy atom. The van der Waals surface area contributed by atoms with Gasteiger partial charge in [-0.2, -0.15) is 0 Å². The van der Waals surface area contributed by atoms with Crippen LogP contribution in [0.25, 0.3) is 0 Å². The van der Waals surface area contributed by atoms with Crippen LogP contribution in [-0.4, -0.2) is 4.98 Å². The Morgan fingerprint density at radius 2 is 2.43 bits per heavy atom. The molecule has 1 rings (SSSR count). The molecule has 0 aliphatic rings. The van der Waals surface area contributed by atoms with Crippen molar-refractivity contribution in [3.63, 3.8) is 0 Å². The number of halogens is 1. The third-order valence-corrected chi connectivity index (χ3v) is 2.08. The molecule has 3 nitrogen and oxygen atoms in total. The van der Waals surface area contributed by atoms with Crippen LogP contribution >= 0.6 is 11.6 Å². The average molecular weight is 212 g/mol. The van der Waals surface area contributed by atoms with Crippen LogP contribution in [0.15, 0.2) is 30.5 Å². The number of nitrogens with zero attached hydrogens (tertiary/aromatic N) is 1. The van der Waals surface area contributed by atoms with Gasteiger partial charge in [-0.15, -0.1) is 6.58 Å².